The number of anilines is 1. The smallest absolute Gasteiger partial charge is 0.230 e. The Morgan fingerprint density at radius 2 is 2.41 bits per heavy atom. The van der Waals surface area contributed by atoms with E-state index in [0.29, 0.717) is 24.2 Å². The van der Waals surface area contributed by atoms with Crippen LogP contribution in [0.2, 0.25) is 0 Å². The molecule has 1 amide bonds. The first kappa shape index (κ1) is 14.8. The summed E-state index contributed by atoms with van der Waals surface area (Å²) in [5.41, 5.74) is 2.02. The van der Waals surface area contributed by atoms with Crippen molar-refractivity contribution >= 4 is 11.7 Å². The number of amides is 1. The first-order valence-corrected chi connectivity index (χ1v) is 7.81. The molecule has 6 nitrogen and oxygen atoms in total. The minimum Gasteiger partial charge on any atom is -0.309 e. The number of carbonyl (C=O) groups is 1. The van der Waals surface area contributed by atoms with Gasteiger partial charge in [0.05, 0.1) is 12.6 Å². The second kappa shape index (κ2) is 6.34. The van der Waals surface area contributed by atoms with Crippen molar-refractivity contribution < 1.29 is 4.79 Å². The van der Waals surface area contributed by atoms with Crippen molar-refractivity contribution in [3.8, 4) is 0 Å². The molecular formula is C16H22N5O. The van der Waals surface area contributed by atoms with Gasteiger partial charge in [0.1, 0.15) is 0 Å². The number of nitrogens with one attached hydrogen (secondary N) is 2. The van der Waals surface area contributed by atoms with Gasteiger partial charge >= 0.3 is 0 Å². The molecule has 2 aromatic heterocycles. The van der Waals surface area contributed by atoms with Crippen molar-refractivity contribution in [2.75, 3.05) is 5.32 Å². The lowest BCUT2D eigenvalue weighted by molar-refractivity contribution is -0.115. The van der Waals surface area contributed by atoms with Crippen LogP contribution in [-0.4, -0.2) is 25.9 Å². The molecule has 2 N–H and O–H groups in total. The van der Waals surface area contributed by atoms with Gasteiger partial charge in [-0.25, -0.2) is 0 Å². The van der Waals surface area contributed by atoms with Crippen molar-refractivity contribution in [2.45, 2.75) is 51.5 Å². The average Bonchev–Trinajstić information content (AvgIpc) is 3.18. The number of hydrogen-bond acceptors (Lipinski definition) is 3. The van der Waals surface area contributed by atoms with E-state index >= 15 is 0 Å². The molecule has 1 aliphatic rings. The Morgan fingerprint density at radius 3 is 3.09 bits per heavy atom. The first-order chi connectivity index (χ1) is 10.6. The molecule has 0 spiro atoms. The standard InChI is InChI=1S/C16H22N5O/c1-11(2)21-10-12(9-17-21)7-16(22)18-15-8-14(19-20-15)13-5-3-4-6-13/h3,8-11,13H,4-7H2,1-2H3,(H2,18,19,20,22)/t13-/m0/s1. The van der Waals surface area contributed by atoms with Crippen LogP contribution in [0.5, 0.6) is 0 Å². The number of aromatic amines is 1. The summed E-state index contributed by atoms with van der Waals surface area (Å²) in [5.74, 6) is 1.05. The lowest BCUT2D eigenvalue weighted by Gasteiger charge is -2.04. The fourth-order valence-electron chi connectivity index (χ4n) is 2.77. The summed E-state index contributed by atoms with van der Waals surface area (Å²) in [6.45, 7) is 4.12. The van der Waals surface area contributed by atoms with Gasteiger partial charge in [-0.3, -0.25) is 14.6 Å². The van der Waals surface area contributed by atoms with Gasteiger partial charge in [0.2, 0.25) is 5.91 Å². The molecule has 0 unspecified atom stereocenters. The van der Waals surface area contributed by atoms with Gasteiger partial charge in [-0.1, -0.05) is 0 Å². The summed E-state index contributed by atoms with van der Waals surface area (Å²) in [4.78, 5) is 12.1. The lowest BCUT2D eigenvalue weighted by Crippen LogP contribution is -2.14. The van der Waals surface area contributed by atoms with E-state index in [0.717, 1.165) is 30.5 Å². The highest BCUT2D eigenvalue weighted by Crippen LogP contribution is 2.32. The first-order valence-electron chi connectivity index (χ1n) is 7.81. The summed E-state index contributed by atoms with van der Waals surface area (Å²) in [6, 6.07) is 2.24. The largest absolute Gasteiger partial charge is 0.309 e. The van der Waals surface area contributed by atoms with E-state index in [1.165, 1.54) is 0 Å². The second-order valence-electron chi connectivity index (χ2n) is 6.15. The van der Waals surface area contributed by atoms with Gasteiger partial charge in [0.15, 0.2) is 5.82 Å². The van der Waals surface area contributed by atoms with E-state index in [1.807, 2.05) is 16.9 Å². The summed E-state index contributed by atoms with van der Waals surface area (Å²) >= 11 is 0. The highest BCUT2D eigenvalue weighted by Gasteiger charge is 2.19. The molecule has 2 aromatic rings. The highest BCUT2D eigenvalue weighted by atomic mass is 16.1. The molecule has 1 saturated carbocycles. The maximum atomic E-state index is 12.1. The fourth-order valence-corrected chi connectivity index (χ4v) is 2.77. The monoisotopic (exact) mass is 300 g/mol. The maximum absolute atomic E-state index is 12.1. The minimum atomic E-state index is -0.0701. The maximum Gasteiger partial charge on any atom is 0.230 e. The van der Waals surface area contributed by atoms with Crippen LogP contribution >= 0.6 is 0 Å². The molecule has 1 aliphatic carbocycles. The quantitative estimate of drug-likeness (QED) is 0.891. The summed E-state index contributed by atoms with van der Waals surface area (Å²) in [6.07, 6.45) is 9.67. The zero-order chi connectivity index (χ0) is 15.5. The fraction of sp³-hybridized carbons (Fsp3) is 0.500. The zero-order valence-electron chi connectivity index (χ0n) is 13.0. The van der Waals surface area contributed by atoms with Crippen molar-refractivity contribution in [1.82, 2.24) is 20.0 Å². The van der Waals surface area contributed by atoms with Crippen molar-refractivity contribution in [3.63, 3.8) is 0 Å². The third-order valence-electron chi connectivity index (χ3n) is 4.02. The molecule has 22 heavy (non-hydrogen) atoms. The van der Waals surface area contributed by atoms with E-state index in [1.54, 1.807) is 6.20 Å². The molecular weight excluding hydrogens is 278 g/mol. The van der Waals surface area contributed by atoms with E-state index in [4.69, 9.17) is 0 Å². The predicted octanol–water partition coefficient (Wildman–Crippen LogP) is 2.84. The van der Waals surface area contributed by atoms with Crippen LogP contribution in [0.25, 0.3) is 0 Å². The Labute approximate surface area is 130 Å². The Morgan fingerprint density at radius 1 is 1.55 bits per heavy atom. The highest BCUT2D eigenvalue weighted by molar-refractivity contribution is 5.91. The van der Waals surface area contributed by atoms with Crippen LogP contribution < -0.4 is 5.32 Å². The Balaban J connectivity index is 1.57. The van der Waals surface area contributed by atoms with Crippen LogP contribution in [0.3, 0.4) is 0 Å². The number of H-pyrrole nitrogens is 1. The summed E-state index contributed by atoms with van der Waals surface area (Å²) in [7, 11) is 0. The molecule has 3 rings (SSSR count). The van der Waals surface area contributed by atoms with Gasteiger partial charge in [-0.05, 0) is 45.1 Å². The molecule has 117 valence electrons. The molecule has 0 aromatic carbocycles. The van der Waals surface area contributed by atoms with Crippen molar-refractivity contribution in [3.05, 3.63) is 36.1 Å². The third kappa shape index (κ3) is 3.37. The van der Waals surface area contributed by atoms with E-state index in [2.05, 4.69) is 40.9 Å². The summed E-state index contributed by atoms with van der Waals surface area (Å²) in [5, 5.41) is 14.3. The van der Waals surface area contributed by atoms with Crippen molar-refractivity contribution in [2.24, 2.45) is 0 Å². The van der Waals surface area contributed by atoms with Crippen LogP contribution in [0.15, 0.2) is 18.5 Å². The van der Waals surface area contributed by atoms with Gasteiger partial charge in [-0.15, -0.1) is 0 Å². The molecule has 0 bridgehead atoms. The number of rotatable bonds is 5. The minimum absolute atomic E-state index is 0.0701. The van der Waals surface area contributed by atoms with Crippen LogP contribution in [-0.2, 0) is 11.2 Å². The Kier molecular flexibility index (Phi) is 4.27. The number of aromatic nitrogens is 4. The summed E-state index contributed by atoms with van der Waals surface area (Å²) < 4.78 is 1.85. The van der Waals surface area contributed by atoms with Crippen LogP contribution in [0.1, 0.15) is 56.3 Å². The molecule has 1 radical (unpaired) electrons. The van der Waals surface area contributed by atoms with E-state index < -0.39 is 0 Å². The number of hydrogen-bond donors (Lipinski definition) is 2. The third-order valence-corrected chi connectivity index (χ3v) is 4.02. The predicted molar refractivity (Wildman–Crippen MR) is 84.4 cm³/mol. The lowest BCUT2D eigenvalue weighted by atomic mass is 10.0. The van der Waals surface area contributed by atoms with Gasteiger partial charge in [0, 0.05) is 29.9 Å². The zero-order valence-corrected chi connectivity index (χ0v) is 13.0. The SMILES string of the molecule is CC(C)n1cc(CC(=O)Nc2cc([C@H]3C[CH]CC3)[nH]n2)cn1. The number of carbonyl (C=O) groups excluding carboxylic acids is 1. The average molecular weight is 300 g/mol. The Hall–Kier alpha value is -2.11. The van der Waals surface area contributed by atoms with Gasteiger partial charge in [-0.2, -0.15) is 10.2 Å². The van der Waals surface area contributed by atoms with E-state index in [9.17, 15) is 4.79 Å². The Bertz CT molecular complexity index is 637. The molecule has 1 atom stereocenters. The van der Waals surface area contributed by atoms with Crippen molar-refractivity contribution in [1.29, 1.82) is 0 Å². The normalized spacial score (nSPS) is 15.6. The topological polar surface area (TPSA) is 75.6 Å². The van der Waals surface area contributed by atoms with Crippen LogP contribution in [0, 0.1) is 6.42 Å². The van der Waals surface area contributed by atoms with Crippen LogP contribution in [0.4, 0.5) is 5.82 Å². The van der Waals surface area contributed by atoms with Gasteiger partial charge < -0.3 is 5.32 Å². The van der Waals surface area contributed by atoms with E-state index in [-0.39, 0.29) is 5.91 Å². The molecule has 6 heteroatoms. The molecule has 2 heterocycles. The molecule has 0 aliphatic heterocycles. The molecule has 0 saturated heterocycles. The number of nitrogens with zero attached hydrogens (tertiary/aromatic N) is 3. The second-order valence-corrected chi connectivity index (χ2v) is 6.15. The molecule has 1 fully saturated rings. The van der Waals surface area contributed by atoms with Gasteiger partial charge in [0.25, 0.3) is 0 Å².